The second-order valence-electron chi connectivity index (χ2n) is 9.24. The molecule has 29 heavy (non-hydrogen) atoms. The van der Waals surface area contributed by atoms with Gasteiger partial charge in [0.05, 0.1) is 19.3 Å². The summed E-state index contributed by atoms with van der Waals surface area (Å²) >= 11 is 0. The van der Waals surface area contributed by atoms with Crippen LogP contribution in [0, 0.1) is 0 Å². The van der Waals surface area contributed by atoms with Gasteiger partial charge in [-0.05, 0) is 36.2 Å². The Bertz CT molecular complexity index is 808. The van der Waals surface area contributed by atoms with Gasteiger partial charge in [0.2, 0.25) is 8.32 Å². The summed E-state index contributed by atoms with van der Waals surface area (Å²) in [5, 5.41) is 0.150. The maximum Gasteiger partial charge on any atom is 0.250 e. The monoisotopic (exact) mass is 410 g/mol. The molecule has 2 aromatic rings. The van der Waals surface area contributed by atoms with Gasteiger partial charge in [0.25, 0.3) is 0 Å². The van der Waals surface area contributed by atoms with Gasteiger partial charge in [0.15, 0.2) is 0 Å². The highest BCUT2D eigenvalue weighted by atomic mass is 28.4. The Balaban J connectivity index is 1.65. The lowest BCUT2D eigenvalue weighted by Gasteiger charge is -2.37. The third kappa shape index (κ3) is 5.81. The average Bonchev–Trinajstić information content (AvgIpc) is 2.68. The van der Waals surface area contributed by atoms with Crippen LogP contribution in [0.4, 0.5) is 0 Å². The molecule has 0 N–H and O–H groups in total. The SMILES string of the molecule is CC(C)(C)[Si](C)(C)Oc1ccccc1[C@@H]1C=CC[C@@H](COCc2ccccc2)O1. The zero-order chi connectivity index (χ0) is 20.9. The number of rotatable bonds is 7. The topological polar surface area (TPSA) is 27.7 Å². The molecule has 0 saturated carbocycles. The fourth-order valence-electron chi connectivity index (χ4n) is 3.07. The lowest BCUT2D eigenvalue weighted by molar-refractivity contribution is -0.0509. The summed E-state index contributed by atoms with van der Waals surface area (Å²) in [7, 11) is -1.92. The third-order valence-corrected chi connectivity index (χ3v) is 10.2. The molecular weight excluding hydrogens is 376 g/mol. The second-order valence-corrected chi connectivity index (χ2v) is 14.0. The van der Waals surface area contributed by atoms with Crippen molar-refractivity contribution in [3.8, 4) is 5.75 Å². The largest absolute Gasteiger partial charge is 0.543 e. The van der Waals surface area contributed by atoms with Gasteiger partial charge in [-0.1, -0.05) is 81.5 Å². The van der Waals surface area contributed by atoms with Crippen LogP contribution in [-0.2, 0) is 16.1 Å². The molecule has 4 heteroatoms. The Hall–Kier alpha value is -1.88. The van der Waals surface area contributed by atoms with Crippen molar-refractivity contribution in [3.63, 3.8) is 0 Å². The van der Waals surface area contributed by atoms with Gasteiger partial charge >= 0.3 is 0 Å². The first-order valence-electron chi connectivity index (χ1n) is 10.5. The van der Waals surface area contributed by atoms with Crippen molar-refractivity contribution in [2.45, 2.75) is 64.1 Å². The van der Waals surface area contributed by atoms with Crippen molar-refractivity contribution >= 4 is 8.32 Å². The Kier molecular flexibility index (Phi) is 6.99. The first-order chi connectivity index (χ1) is 13.8. The van der Waals surface area contributed by atoms with E-state index in [1.165, 1.54) is 5.56 Å². The van der Waals surface area contributed by atoms with Gasteiger partial charge in [-0.3, -0.25) is 0 Å². The average molecular weight is 411 g/mol. The third-order valence-electron chi connectivity index (χ3n) is 5.86. The maximum atomic E-state index is 6.62. The van der Waals surface area contributed by atoms with E-state index < -0.39 is 8.32 Å². The van der Waals surface area contributed by atoms with E-state index >= 15 is 0 Å². The molecule has 2 aromatic carbocycles. The first kappa shape index (κ1) is 21.8. The van der Waals surface area contributed by atoms with Crippen molar-refractivity contribution in [1.29, 1.82) is 0 Å². The molecule has 0 spiro atoms. The van der Waals surface area contributed by atoms with Crippen LogP contribution in [-0.4, -0.2) is 21.0 Å². The Labute approximate surface area is 176 Å². The molecule has 3 rings (SSSR count). The lowest BCUT2D eigenvalue weighted by atomic mass is 10.0. The molecule has 156 valence electrons. The van der Waals surface area contributed by atoms with Crippen LogP contribution in [0.15, 0.2) is 66.7 Å². The van der Waals surface area contributed by atoms with Gasteiger partial charge in [0.1, 0.15) is 11.9 Å². The van der Waals surface area contributed by atoms with Crippen LogP contribution in [0.1, 0.15) is 44.4 Å². The van der Waals surface area contributed by atoms with E-state index in [0.717, 1.165) is 17.7 Å². The van der Waals surface area contributed by atoms with Gasteiger partial charge in [-0.15, -0.1) is 0 Å². The molecule has 1 aliphatic heterocycles. The van der Waals surface area contributed by atoms with Gasteiger partial charge in [-0.25, -0.2) is 0 Å². The van der Waals surface area contributed by atoms with Crippen molar-refractivity contribution in [3.05, 3.63) is 77.9 Å². The van der Waals surface area contributed by atoms with Crippen molar-refractivity contribution in [2.75, 3.05) is 6.61 Å². The molecule has 0 fully saturated rings. The summed E-state index contributed by atoms with van der Waals surface area (Å²) < 4.78 is 18.9. The molecule has 0 amide bonds. The Morgan fingerprint density at radius 1 is 1.00 bits per heavy atom. The van der Waals surface area contributed by atoms with Crippen molar-refractivity contribution < 1.29 is 13.9 Å². The number of ether oxygens (including phenoxy) is 2. The van der Waals surface area contributed by atoms with Gasteiger partial charge in [0, 0.05) is 5.56 Å². The van der Waals surface area contributed by atoms with Crippen LogP contribution in [0.25, 0.3) is 0 Å². The minimum atomic E-state index is -1.92. The second kappa shape index (κ2) is 9.29. The number of hydrogen-bond donors (Lipinski definition) is 0. The summed E-state index contributed by atoms with van der Waals surface area (Å²) in [6.07, 6.45) is 5.16. The summed E-state index contributed by atoms with van der Waals surface area (Å²) in [5.74, 6) is 0.944. The maximum absolute atomic E-state index is 6.62. The van der Waals surface area contributed by atoms with E-state index in [9.17, 15) is 0 Å². The summed E-state index contributed by atoms with van der Waals surface area (Å²) in [6, 6.07) is 18.5. The quantitative estimate of drug-likeness (QED) is 0.377. The van der Waals surface area contributed by atoms with Gasteiger partial charge < -0.3 is 13.9 Å². The van der Waals surface area contributed by atoms with E-state index in [2.05, 4.69) is 76.3 Å². The highest BCUT2D eigenvalue weighted by molar-refractivity contribution is 6.74. The highest BCUT2D eigenvalue weighted by Crippen LogP contribution is 2.40. The molecule has 0 aliphatic carbocycles. The molecule has 1 heterocycles. The number of para-hydroxylation sites is 1. The standard InChI is InChI=1S/C25H34O3Si/c1-25(2,3)29(4,5)28-24-16-10-9-15-22(24)23-17-11-14-21(27-23)19-26-18-20-12-7-6-8-13-20/h6-13,15-17,21,23H,14,18-19H2,1-5H3/t21-,23-/m0/s1. The van der Waals surface area contributed by atoms with Crippen molar-refractivity contribution in [1.82, 2.24) is 0 Å². The zero-order valence-electron chi connectivity index (χ0n) is 18.4. The van der Waals surface area contributed by atoms with Crippen LogP contribution < -0.4 is 4.43 Å². The summed E-state index contributed by atoms with van der Waals surface area (Å²) in [5.41, 5.74) is 2.28. The van der Waals surface area contributed by atoms with E-state index in [0.29, 0.717) is 13.2 Å². The molecule has 0 radical (unpaired) electrons. The normalized spacial score (nSPS) is 19.9. The molecule has 0 aromatic heterocycles. The summed E-state index contributed by atoms with van der Waals surface area (Å²) in [6.45, 7) is 12.5. The van der Waals surface area contributed by atoms with Gasteiger partial charge in [-0.2, -0.15) is 0 Å². The van der Waals surface area contributed by atoms with E-state index in [1.54, 1.807) is 0 Å². The molecule has 0 bridgehead atoms. The number of benzene rings is 2. The van der Waals surface area contributed by atoms with E-state index in [-0.39, 0.29) is 17.2 Å². The smallest absolute Gasteiger partial charge is 0.250 e. The van der Waals surface area contributed by atoms with E-state index in [4.69, 9.17) is 13.9 Å². The molecule has 1 aliphatic rings. The van der Waals surface area contributed by atoms with Crippen LogP contribution in [0.2, 0.25) is 18.1 Å². The predicted octanol–water partition coefficient (Wildman–Crippen LogP) is 6.67. The molecule has 2 atom stereocenters. The number of hydrogen-bond acceptors (Lipinski definition) is 3. The van der Waals surface area contributed by atoms with Crippen LogP contribution in [0.5, 0.6) is 5.75 Å². The molecule has 0 saturated heterocycles. The summed E-state index contributed by atoms with van der Waals surface area (Å²) in [4.78, 5) is 0. The fraction of sp³-hybridized carbons (Fsp3) is 0.440. The van der Waals surface area contributed by atoms with E-state index in [1.807, 2.05) is 24.3 Å². The molecular formula is C25H34O3Si. The first-order valence-corrected chi connectivity index (χ1v) is 13.4. The predicted molar refractivity (Wildman–Crippen MR) is 122 cm³/mol. The minimum absolute atomic E-state index is 0.0506. The lowest BCUT2D eigenvalue weighted by Crippen LogP contribution is -2.44. The fourth-order valence-corrected chi connectivity index (χ4v) is 4.11. The molecule has 3 nitrogen and oxygen atoms in total. The van der Waals surface area contributed by atoms with Crippen LogP contribution >= 0.6 is 0 Å². The zero-order valence-corrected chi connectivity index (χ0v) is 19.4. The van der Waals surface area contributed by atoms with Crippen molar-refractivity contribution in [2.24, 2.45) is 0 Å². The molecule has 0 unspecified atom stereocenters. The van der Waals surface area contributed by atoms with Crippen LogP contribution in [0.3, 0.4) is 0 Å². The Morgan fingerprint density at radius 2 is 1.69 bits per heavy atom. The Morgan fingerprint density at radius 3 is 2.41 bits per heavy atom. The highest BCUT2D eigenvalue weighted by Gasteiger charge is 2.39. The minimum Gasteiger partial charge on any atom is -0.543 e.